The summed E-state index contributed by atoms with van der Waals surface area (Å²) in [7, 11) is 0. The molecular formula is C27H28N4O2. The molecule has 3 aromatic carbocycles. The van der Waals surface area contributed by atoms with Gasteiger partial charge in [-0.05, 0) is 42.2 Å². The third-order valence-electron chi connectivity index (χ3n) is 6.53. The third-order valence-corrected chi connectivity index (χ3v) is 6.53. The maximum Gasteiger partial charge on any atom is 0.270 e. The van der Waals surface area contributed by atoms with Crippen molar-refractivity contribution < 1.29 is 4.92 Å². The summed E-state index contributed by atoms with van der Waals surface area (Å²) in [5.74, 6) is 0. The van der Waals surface area contributed by atoms with Crippen LogP contribution in [-0.2, 0) is 6.54 Å². The second-order valence-corrected chi connectivity index (χ2v) is 8.74. The molecule has 0 bridgehead atoms. The number of fused-ring (bicyclic) bond motifs is 1. The summed E-state index contributed by atoms with van der Waals surface area (Å²) < 4.78 is 0. The minimum atomic E-state index is -0.343. The predicted octanol–water partition coefficient (Wildman–Crippen LogP) is 6.03. The Bertz CT molecular complexity index is 1170. The molecule has 0 amide bonds. The van der Waals surface area contributed by atoms with E-state index in [0.29, 0.717) is 12.6 Å². The molecule has 3 aromatic rings. The van der Waals surface area contributed by atoms with Gasteiger partial charge in [0.05, 0.1) is 10.6 Å². The van der Waals surface area contributed by atoms with Crippen LogP contribution in [0.5, 0.6) is 0 Å². The molecule has 0 unspecified atom stereocenters. The molecule has 6 heteroatoms. The smallest absolute Gasteiger partial charge is 0.270 e. The van der Waals surface area contributed by atoms with E-state index in [1.54, 1.807) is 18.2 Å². The van der Waals surface area contributed by atoms with Gasteiger partial charge < -0.3 is 16.0 Å². The quantitative estimate of drug-likeness (QED) is 0.309. The van der Waals surface area contributed by atoms with Gasteiger partial charge in [0.25, 0.3) is 5.69 Å². The van der Waals surface area contributed by atoms with Crippen molar-refractivity contribution >= 4 is 28.3 Å². The topological polar surface area (TPSA) is 79.2 Å². The first-order valence-electron chi connectivity index (χ1n) is 11.6. The van der Waals surface area contributed by atoms with Crippen molar-refractivity contribution in [2.24, 2.45) is 0 Å². The predicted molar refractivity (Wildman–Crippen MR) is 134 cm³/mol. The number of non-ortho nitro benzene ring substituents is 1. The maximum atomic E-state index is 11.4. The number of benzene rings is 3. The van der Waals surface area contributed by atoms with Crippen LogP contribution in [-0.4, -0.2) is 17.5 Å². The van der Waals surface area contributed by atoms with Crippen LogP contribution in [0.3, 0.4) is 0 Å². The van der Waals surface area contributed by atoms with Crippen LogP contribution in [0.15, 0.2) is 72.8 Å². The highest BCUT2D eigenvalue weighted by Crippen LogP contribution is 2.38. The Morgan fingerprint density at radius 2 is 1.76 bits per heavy atom. The summed E-state index contributed by atoms with van der Waals surface area (Å²) >= 11 is 0. The number of nitrogens with one attached hydrogen (secondary N) is 3. The van der Waals surface area contributed by atoms with Gasteiger partial charge in [-0.25, -0.2) is 0 Å². The number of hydrogen-bond acceptors (Lipinski definition) is 5. The zero-order valence-corrected chi connectivity index (χ0v) is 18.5. The lowest BCUT2D eigenvalue weighted by molar-refractivity contribution is -0.384. The second-order valence-electron chi connectivity index (χ2n) is 8.74. The first-order valence-corrected chi connectivity index (χ1v) is 11.6. The van der Waals surface area contributed by atoms with Crippen LogP contribution in [0.25, 0.3) is 11.3 Å². The van der Waals surface area contributed by atoms with E-state index >= 15 is 0 Å². The molecule has 33 heavy (non-hydrogen) atoms. The fourth-order valence-electron chi connectivity index (χ4n) is 4.72. The van der Waals surface area contributed by atoms with Gasteiger partial charge in [-0.15, -0.1) is 0 Å². The van der Waals surface area contributed by atoms with Crippen molar-refractivity contribution in [1.29, 1.82) is 0 Å². The summed E-state index contributed by atoms with van der Waals surface area (Å²) in [6, 6.07) is 24.3. The van der Waals surface area contributed by atoms with Crippen molar-refractivity contribution in [3.8, 4) is 0 Å². The summed E-state index contributed by atoms with van der Waals surface area (Å²) in [5, 5.41) is 22.0. The molecule has 1 fully saturated rings. The Labute approximate surface area is 193 Å². The normalized spacial score (nSPS) is 16.8. The van der Waals surface area contributed by atoms with E-state index < -0.39 is 0 Å². The van der Waals surface area contributed by atoms with Gasteiger partial charge in [0.1, 0.15) is 0 Å². The zero-order valence-electron chi connectivity index (χ0n) is 18.5. The molecule has 3 N–H and O–H groups in total. The van der Waals surface area contributed by atoms with E-state index in [1.807, 2.05) is 18.2 Å². The lowest BCUT2D eigenvalue weighted by Gasteiger charge is -2.16. The summed E-state index contributed by atoms with van der Waals surface area (Å²) in [6.07, 6.45) is 5.22. The molecule has 1 saturated carbocycles. The molecule has 0 spiro atoms. The molecule has 1 heterocycles. The third kappa shape index (κ3) is 4.76. The van der Waals surface area contributed by atoms with E-state index in [0.717, 1.165) is 40.3 Å². The monoisotopic (exact) mass is 440 g/mol. The van der Waals surface area contributed by atoms with E-state index in [4.69, 9.17) is 0 Å². The summed E-state index contributed by atoms with van der Waals surface area (Å²) in [4.78, 5) is 11.0. The number of anilines is 2. The Morgan fingerprint density at radius 1 is 1.00 bits per heavy atom. The fraction of sp³-hybridized carbons (Fsp3) is 0.259. The van der Waals surface area contributed by atoms with Crippen molar-refractivity contribution in [2.75, 3.05) is 17.2 Å². The molecule has 1 aliphatic carbocycles. The molecule has 1 aliphatic heterocycles. The van der Waals surface area contributed by atoms with Gasteiger partial charge in [-0.3, -0.25) is 10.1 Å². The van der Waals surface area contributed by atoms with Crippen LogP contribution in [0.1, 0.15) is 42.4 Å². The van der Waals surface area contributed by atoms with Crippen LogP contribution in [0.4, 0.5) is 17.1 Å². The highest BCUT2D eigenvalue weighted by Gasteiger charge is 2.23. The molecule has 0 saturated heterocycles. The van der Waals surface area contributed by atoms with Crippen molar-refractivity contribution in [2.45, 2.75) is 38.3 Å². The lowest BCUT2D eigenvalue weighted by Crippen LogP contribution is -2.25. The highest BCUT2D eigenvalue weighted by molar-refractivity contribution is 6.02. The average Bonchev–Trinajstić information content (AvgIpc) is 3.52. The lowest BCUT2D eigenvalue weighted by atomic mass is 10.00. The van der Waals surface area contributed by atoms with Gasteiger partial charge in [-0.2, -0.15) is 0 Å². The largest absolute Gasteiger partial charge is 0.380 e. The Balaban J connectivity index is 1.43. The maximum absolute atomic E-state index is 11.4. The Hall–Kier alpha value is -3.64. The first-order chi connectivity index (χ1) is 16.2. The molecular weight excluding hydrogens is 412 g/mol. The molecule has 0 radical (unpaired) electrons. The van der Waals surface area contributed by atoms with Crippen molar-refractivity contribution in [3.63, 3.8) is 0 Å². The van der Waals surface area contributed by atoms with E-state index in [-0.39, 0.29) is 10.6 Å². The van der Waals surface area contributed by atoms with Gasteiger partial charge in [0.15, 0.2) is 0 Å². The summed E-state index contributed by atoms with van der Waals surface area (Å²) in [5.41, 5.74) is 7.16. The van der Waals surface area contributed by atoms with E-state index in [9.17, 15) is 10.1 Å². The van der Waals surface area contributed by atoms with Gasteiger partial charge in [-0.1, -0.05) is 55.3 Å². The molecule has 2 aliphatic rings. The van der Waals surface area contributed by atoms with E-state index in [1.165, 1.54) is 31.2 Å². The number of nitro groups is 1. The van der Waals surface area contributed by atoms with Crippen LogP contribution in [0.2, 0.25) is 0 Å². The Morgan fingerprint density at radius 3 is 2.48 bits per heavy atom. The highest BCUT2D eigenvalue weighted by atomic mass is 16.6. The molecule has 168 valence electrons. The molecule has 5 rings (SSSR count). The van der Waals surface area contributed by atoms with Crippen LogP contribution in [0, 0.1) is 10.1 Å². The minimum absolute atomic E-state index is 0.0986. The molecule has 0 atom stereocenters. The average molecular weight is 441 g/mol. The molecule has 6 nitrogen and oxygen atoms in total. The van der Waals surface area contributed by atoms with Gasteiger partial charge >= 0.3 is 0 Å². The number of rotatable bonds is 7. The van der Waals surface area contributed by atoms with Crippen LogP contribution < -0.4 is 16.0 Å². The number of hydrogen-bond donors (Lipinski definition) is 3. The van der Waals surface area contributed by atoms with Gasteiger partial charge in [0, 0.05) is 53.8 Å². The van der Waals surface area contributed by atoms with Crippen LogP contribution >= 0.6 is 0 Å². The minimum Gasteiger partial charge on any atom is -0.380 e. The standard InChI is InChI=1S/C27H28N4O2/c32-31(33)23-14-15-26-24(16-23)25(18-29-26)27(20-6-2-1-3-7-20)30-22-12-10-19(11-13-22)17-28-21-8-4-5-9-21/h1-3,6-7,10-16,21,28-30H,4-5,8-9,17-18H2/b27-25+. The van der Waals surface area contributed by atoms with E-state index in [2.05, 4.69) is 52.3 Å². The molecule has 0 aromatic heterocycles. The zero-order chi connectivity index (χ0) is 22.6. The van der Waals surface area contributed by atoms with Crippen molar-refractivity contribution in [3.05, 3.63) is 99.6 Å². The summed E-state index contributed by atoms with van der Waals surface area (Å²) in [6.45, 7) is 1.50. The SMILES string of the molecule is O=[N+]([O-])c1ccc2c(c1)/C(=C(/Nc1ccc(CNC3CCCC3)cc1)c1ccccc1)CN2. The second kappa shape index (κ2) is 9.46. The Kier molecular flexibility index (Phi) is 6.09. The first kappa shape index (κ1) is 21.2. The number of nitrogens with zero attached hydrogens (tertiary/aromatic N) is 1. The number of nitro benzene ring substituents is 1. The van der Waals surface area contributed by atoms with Crippen molar-refractivity contribution in [1.82, 2.24) is 5.32 Å². The van der Waals surface area contributed by atoms with Gasteiger partial charge in [0.2, 0.25) is 0 Å². The fourth-order valence-corrected chi connectivity index (χ4v) is 4.72.